The molecule has 2 atom stereocenters. The number of nitrogens with zero attached hydrogens (tertiary/aromatic N) is 2. The molecule has 0 saturated carbocycles. The number of amides is 1. The van der Waals surface area contributed by atoms with E-state index in [1.807, 2.05) is 4.90 Å². The lowest BCUT2D eigenvalue weighted by Gasteiger charge is -2.24. The molecule has 1 amide bonds. The Morgan fingerprint density at radius 3 is 2.62 bits per heavy atom. The Morgan fingerprint density at radius 2 is 1.85 bits per heavy atom. The van der Waals surface area contributed by atoms with Gasteiger partial charge in [-0.3, -0.25) is 4.79 Å². The van der Waals surface area contributed by atoms with Crippen LogP contribution >= 0.6 is 23.7 Å². The molecule has 4 heterocycles. The molecule has 146 valence electrons. The van der Waals surface area contributed by atoms with Gasteiger partial charge in [0.15, 0.2) is 0 Å². The molecule has 1 aromatic heterocycles. The number of carbonyl (C=O) groups excluding carboxylic acids is 1. The van der Waals surface area contributed by atoms with Crippen molar-refractivity contribution in [2.75, 3.05) is 26.2 Å². The molecule has 3 aliphatic heterocycles. The summed E-state index contributed by atoms with van der Waals surface area (Å²) < 4.78 is 27.1. The summed E-state index contributed by atoms with van der Waals surface area (Å²) in [5.41, 5.74) is 0. The van der Waals surface area contributed by atoms with Crippen LogP contribution in [-0.4, -0.2) is 61.8 Å². The van der Waals surface area contributed by atoms with Crippen molar-refractivity contribution in [1.82, 2.24) is 14.5 Å². The molecule has 2 unspecified atom stereocenters. The molecule has 2 bridgehead atoms. The van der Waals surface area contributed by atoms with Crippen LogP contribution in [-0.2, 0) is 21.2 Å². The van der Waals surface area contributed by atoms with Crippen LogP contribution in [0.25, 0.3) is 0 Å². The average molecular weight is 420 g/mol. The number of halogens is 1. The van der Waals surface area contributed by atoms with Gasteiger partial charge in [-0.1, -0.05) is 0 Å². The van der Waals surface area contributed by atoms with Crippen LogP contribution in [0.2, 0.25) is 0 Å². The Balaban J connectivity index is 0.00000196. The first-order chi connectivity index (χ1) is 12.0. The van der Waals surface area contributed by atoms with E-state index in [1.165, 1.54) is 17.8 Å². The molecule has 26 heavy (non-hydrogen) atoms. The van der Waals surface area contributed by atoms with E-state index < -0.39 is 10.0 Å². The molecule has 1 N–H and O–H groups in total. The van der Waals surface area contributed by atoms with Crippen LogP contribution in [0.15, 0.2) is 16.3 Å². The van der Waals surface area contributed by atoms with Crippen molar-refractivity contribution in [3.05, 3.63) is 17.0 Å². The third-order valence-electron chi connectivity index (χ3n) is 5.50. The summed E-state index contributed by atoms with van der Waals surface area (Å²) in [6.45, 7) is 2.80. The normalized spacial score (nSPS) is 26.5. The minimum absolute atomic E-state index is 0. The zero-order valence-corrected chi connectivity index (χ0v) is 17.2. The van der Waals surface area contributed by atoms with Gasteiger partial charge in [0.1, 0.15) is 4.21 Å². The number of hydrogen-bond acceptors (Lipinski definition) is 5. The SMILES string of the molecule is Cl.O=C(Cc1ccc(S(=O)(=O)N2CCCC2)s1)N1CCC2CCC(C1)N2. The molecular weight excluding hydrogens is 394 g/mol. The Kier molecular flexibility index (Phi) is 6.29. The van der Waals surface area contributed by atoms with Gasteiger partial charge in [0.25, 0.3) is 10.0 Å². The van der Waals surface area contributed by atoms with Gasteiger partial charge in [-0.05, 0) is 44.2 Å². The largest absolute Gasteiger partial charge is 0.341 e. The second-order valence-electron chi connectivity index (χ2n) is 7.28. The number of fused-ring (bicyclic) bond motifs is 2. The van der Waals surface area contributed by atoms with Gasteiger partial charge in [-0.2, -0.15) is 4.31 Å². The quantitative estimate of drug-likeness (QED) is 0.808. The number of rotatable bonds is 4. The molecule has 3 saturated heterocycles. The van der Waals surface area contributed by atoms with Crippen molar-refractivity contribution in [1.29, 1.82) is 0 Å². The summed E-state index contributed by atoms with van der Waals surface area (Å²) in [5.74, 6) is 0.112. The molecule has 0 spiro atoms. The van der Waals surface area contributed by atoms with Gasteiger partial charge in [-0.15, -0.1) is 23.7 Å². The zero-order valence-electron chi connectivity index (χ0n) is 14.7. The highest BCUT2D eigenvalue weighted by Crippen LogP contribution is 2.28. The van der Waals surface area contributed by atoms with E-state index in [1.54, 1.807) is 16.4 Å². The van der Waals surface area contributed by atoms with E-state index in [9.17, 15) is 13.2 Å². The van der Waals surface area contributed by atoms with Gasteiger partial charge < -0.3 is 10.2 Å². The van der Waals surface area contributed by atoms with Crippen molar-refractivity contribution in [2.45, 2.75) is 54.8 Å². The van der Waals surface area contributed by atoms with Gasteiger partial charge in [-0.25, -0.2) is 8.42 Å². The lowest BCUT2D eigenvalue weighted by Crippen LogP contribution is -2.39. The molecule has 6 nitrogen and oxygen atoms in total. The summed E-state index contributed by atoms with van der Waals surface area (Å²) >= 11 is 1.25. The van der Waals surface area contributed by atoms with E-state index in [0.29, 0.717) is 35.8 Å². The van der Waals surface area contributed by atoms with Gasteiger partial charge in [0.2, 0.25) is 5.91 Å². The number of likely N-dealkylation sites (tertiary alicyclic amines) is 1. The molecule has 0 aromatic carbocycles. The van der Waals surface area contributed by atoms with Crippen LogP contribution in [0.3, 0.4) is 0 Å². The smallest absolute Gasteiger partial charge is 0.252 e. The first kappa shape index (κ1) is 20.1. The van der Waals surface area contributed by atoms with Crippen LogP contribution in [0.1, 0.15) is 37.0 Å². The van der Waals surface area contributed by atoms with Crippen LogP contribution < -0.4 is 5.32 Å². The number of nitrogens with one attached hydrogen (secondary N) is 1. The lowest BCUT2D eigenvalue weighted by atomic mass is 10.1. The second kappa shape index (κ2) is 8.14. The van der Waals surface area contributed by atoms with E-state index in [-0.39, 0.29) is 18.3 Å². The third kappa shape index (κ3) is 4.09. The summed E-state index contributed by atoms with van der Waals surface area (Å²) in [6.07, 6.45) is 5.54. The van der Waals surface area contributed by atoms with E-state index in [2.05, 4.69) is 5.32 Å². The molecule has 3 aliphatic rings. The van der Waals surface area contributed by atoms with Crippen LogP contribution in [0.5, 0.6) is 0 Å². The van der Waals surface area contributed by atoms with E-state index in [0.717, 1.165) is 43.6 Å². The predicted octanol–water partition coefficient (Wildman–Crippen LogP) is 1.85. The molecule has 4 rings (SSSR count). The number of thiophene rings is 1. The highest BCUT2D eigenvalue weighted by Gasteiger charge is 2.32. The first-order valence-electron chi connectivity index (χ1n) is 9.15. The Labute approximate surface area is 165 Å². The maximum absolute atomic E-state index is 12.7. The lowest BCUT2D eigenvalue weighted by molar-refractivity contribution is -0.130. The van der Waals surface area contributed by atoms with E-state index >= 15 is 0 Å². The highest BCUT2D eigenvalue weighted by atomic mass is 35.5. The predicted molar refractivity (Wildman–Crippen MR) is 104 cm³/mol. The summed E-state index contributed by atoms with van der Waals surface area (Å²) in [4.78, 5) is 15.4. The number of carbonyl (C=O) groups is 1. The van der Waals surface area contributed by atoms with Gasteiger partial charge in [0, 0.05) is 43.1 Å². The standard InChI is InChI=1S/C17H25N3O3S2.ClH/c21-16(19-10-7-13-3-4-14(12-19)18-13)11-15-5-6-17(24-15)25(22,23)20-8-1-2-9-20;/h5-6,13-14,18H,1-4,7-12H2;1H. The van der Waals surface area contributed by atoms with Crippen LogP contribution in [0.4, 0.5) is 0 Å². The van der Waals surface area contributed by atoms with Crippen molar-refractivity contribution < 1.29 is 13.2 Å². The van der Waals surface area contributed by atoms with Crippen molar-refractivity contribution in [3.63, 3.8) is 0 Å². The van der Waals surface area contributed by atoms with Gasteiger partial charge in [0.05, 0.1) is 6.42 Å². The zero-order chi connectivity index (χ0) is 17.4. The maximum atomic E-state index is 12.7. The Bertz CT molecular complexity index is 746. The highest BCUT2D eigenvalue weighted by molar-refractivity contribution is 7.91. The fourth-order valence-electron chi connectivity index (χ4n) is 4.08. The fraction of sp³-hybridized carbons (Fsp3) is 0.706. The van der Waals surface area contributed by atoms with E-state index in [4.69, 9.17) is 0 Å². The Morgan fingerprint density at radius 1 is 1.12 bits per heavy atom. The fourth-order valence-corrected chi connectivity index (χ4v) is 7.10. The summed E-state index contributed by atoms with van der Waals surface area (Å²) in [7, 11) is -3.37. The first-order valence-corrected chi connectivity index (χ1v) is 11.4. The molecule has 3 fully saturated rings. The minimum Gasteiger partial charge on any atom is -0.341 e. The van der Waals surface area contributed by atoms with Crippen molar-refractivity contribution in [2.24, 2.45) is 0 Å². The average Bonchev–Trinajstić information content (AvgIpc) is 3.28. The topological polar surface area (TPSA) is 69.7 Å². The number of sulfonamides is 1. The summed E-state index contributed by atoms with van der Waals surface area (Å²) in [5, 5.41) is 3.58. The molecule has 9 heteroatoms. The summed E-state index contributed by atoms with van der Waals surface area (Å²) in [6, 6.07) is 4.44. The molecular formula is C17H26ClN3O3S2. The van der Waals surface area contributed by atoms with Crippen molar-refractivity contribution >= 4 is 39.7 Å². The van der Waals surface area contributed by atoms with Gasteiger partial charge >= 0.3 is 0 Å². The van der Waals surface area contributed by atoms with Crippen molar-refractivity contribution in [3.8, 4) is 0 Å². The Hall–Kier alpha value is -0.670. The minimum atomic E-state index is -3.37. The van der Waals surface area contributed by atoms with Crippen LogP contribution in [0, 0.1) is 0 Å². The monoisotopic (exact) mass is 419 g/mol. The molecule has 0 radical (unpaired) electrons. The second-order valence-corrected chi connectivity index (χ2v) is 10.6. The maximum Gasteiger partial charge on any atom is 0.252 e. The molecule has 0 aliphatic carbocycles. The molecule has 1 aromatic rings. The third-order valence-corrected chi connectivity index (χ3v) is 8.95. The number of hydrogen-bond donors (Lipinski definition) is 1.